The summed E-state index contributed by atoms with van der Waals surface area (Å²) in [7, 11) is 1.46. The van der Waals surface area contributed by atoms with E-state index in [-0.39, 0.29) is 23.4 Å². The van der Waals surface area contributed by atoms with Crippen molar-refractivity contribution in [1.29, 1.82) is 0 Å². The first-order chi connectivity index (χ1) is 15.8. The monoisotopic (exact) mass is 462 g/mol. The number of ketones is 1. The van der Waals surface area contributed by atoms with Gasteiger partial charge in [-0.2, -0.15) is 0 Å². The van der Waals surface area contributed by atoms with Gasteiger partial charge in [-0.05, 0) is 54.8 Å². The minimum absolute atomic E-state index is 0.0288. The number of Topliss-reactive ketones (excluding diaryl/α,β-unsaturated/α-hetero) is 1. The molecular formula is C26H23ClN2O4. The topological polar surface area (TPSA) is 79.7 Å². The number of halogens is 1. The van der Waals surface area contributed by atoms with E-state index in [0.717, 1.165) is 16.7 Å². The largest absolute Gasteiger partial charge is 0.507 e. The summed E-state index contributed by atoms with van der Waals surface area (Å²) in [5.41, 5.74) is 3.80. The lowest BCUT2D eigenvalue weighted by Crippen LogP contribution is -2.29. The number of methoxy groups -OCH3 is 1. The summed E-state index contributed by atoms with van der Waals surface area (Å²) in [4.78, 5) is 32.1. The molecule has 2 aromatic carbocycles. The average Bonchev–Trinajstić information content (AvgIpc) is 3.06. The normalized spacial score (nSPS) is 17.5. The number of pyridine rings is 1. The molecule has 1 aliphatic heterocycles. The van der Waals surface area contributed by atoms with Crippen LogP contribution in [0.2, 0.25) is 5.02 Å². The van der Waals surface area contributed by atoms with E-state index >= 15 is 0 Å². The van der Waals surface area contributed by atoms with E-state index in [0.29, 0.717) is 16.3 Å². The summed E-state index contributed by atoms with van der Waals surface area (Å²) >= 11 is 6.15. The van der Waals surface area contributed by atoms with Crippen molar-refractivity contribution in [2.45, 2.75) is 26.4 Å². The summed E-state index contributed by atoms with van der Waals surface area (Å²) in [6, 6.07) is 13.4. The fourth-order valence-corrected chi connectivity index (χ4v) is 4.26. The van der Waals surface area contributed by atoms with E-state index < -0.39 is 17.7 Å². The van der Waals surface area contributed by atoms with E-state index in [4.69, 9.17) is 16.3 Å². The number of amides is 1. The summed E-state index contributed by atoms with van der Waals surface area (Å²) in [6.07, 6.45) is 3.20. The number of rotatable bonds is 5. The third kappa shape index (κ3) is 4.22. The Hall–Kier alpha value is -3.64. The zero-order chi connectivity index (χ0) is 23.7. The first-order valence-electron chi connectivity index (χ1n) is 10.4. The number of aryl methyl sites for hydroxylation is 2. The van der Waals surface area contributed by atoms with Crippen molar-refractivity contribution in [1.82, 2.24) is 9.88 Å². The molecular weight excluding hydrogens is 440 g/mol. The summed E-state index contributed by atoms with van der Waals surface area (Å²) in [6.45, 7) is 4.14. The summed E-state index contributed by atoms with van der Waals surface area (Å²) < 4.78 is 5.36. The number of carbonyl (C=O) groups is 2. The lowest BCUT2D eigenvalue weighted by atomic mass is 9.95. The van der Waals surface area contributed by atoms with E-state index in [1.807, 2.05) is 32.0 Å². The number of benzene rings is 2. The summed E-state index contributed by atoms with van der Waals surface area (Å²) in [5, 5.41) is 11.6. The molecule has 1 N–H and O–H groups in total. The third-order valence-electron chi connectivity index (χ3n) is 5.80. The van der Waals surface area contributed by atoms with Crippen molar-refractivity contribution < 1.29 is 19.4 Å². The molecule has 1 atom stereocenters. The van der Waals surface area contributed by atoms with E-state index in [2.05, 4.69) is 4.98 Å². The molecule has 1 unspecified atom stereocenters. The molecule has 0 saturated carbocycles. The Kier molecular flexibility index (Phi) is 6.20. The van der Waals surface area contributed by atoms with Crippen molar-refractivity contribution >= 4 is 29.1 Å². The number of hydrogen-bond donors (Lipinski definition) is 1. The van der Waals surface area contributed by atoms with Crippen molar-refractivity contribution in [2.24, 2.45) is 0 Å². The van der Waals surface area contributed by atoms with Crippen LogP contribution in [0, 0.1) is 13.8 Å². The average molecular weight is 463 g/mol. The number of aromatic nitrogens is 1. The Morgan fingerprint density at radius 1 is 1.15 bits per heavy atom. The maximum absolute atomic E-state index is 13.2. The Bertz CT molecular complexity index is 1270. The molecule has 0 spiro atoms. The molecule has 1 aliphatic rings. The first-order valence-corrected chi connectivity index (χ1v) is 10.8. The highest BCUT2D eigenvalue weighted by molar-refractivity contribution is 6.46. The van der Waals surface area contributed by atoms with Crippen molar-refractivity contribution in [3.8, 4) is 5.75 Å². The van der Waals surface area contributed by atoms with Gasteiger partial charge in [-0.3, -0.25) is 14.6 Å². The number of aliphatic hydroxyl groups is 1. The predicted molar refractivity (Wildman–Crippen MR) is 126 cm³/mol. The second kappa shape index (κ2) is 9.08. The standard InChI is InChI=1S/C26H23ClN2O4/c1-15-6-7-16(2)18(11-15)14-29-23(17-5-4-10-28-13-17)22(25(31)26(29)32)24(30)20-12-19(27)8-9-21(20)33-3/h4-13,23,30H,14H2,1-3H3/b24-22+. The van der Waals surface area contributed by atoms with Gasteiger partial charge >= 0.3 is 0 Å². The predicted octanol–water partition coefficient (Wildman–Crippen LogP) is 4.98. The zero-order valence-electron chi connectivity index (χ0n) is 18.5. The van der Waals surface area contributed by atoms with Crippen molar-refractivity contribution in [2.75, 3.05) is 7.11 Å². The van der Waals surface area contributed by atoms with Gasteiger partial charge in [-0.1, -0.05) is 41.4 Å². The SMILES string of the molecule is COc1ccc(Cl)cc1/C(O)=C1\C(=O)C(=O)N(Cc2cc(C)ccc2C)C1c1cccnc1. The second-order valence-corrected chi connectivity index (χ2v) is 8.42. The smallest absolute Gasteiger partial charge is 0.295 e. The van der Waals surface area contributed by atoms with Crippen LogP contribution in [0.3, 0.4) is 0 Å². The van der Waals surface area contributed by atoms with Gasteiger partial charge in [0.05, 0.1) is 24.3 Å². The Morgan fingerprint density at radius 3 is 2.64 bits per heavy atom. The van der Waals surface area contributed by atoms with Crippen molar-refractivity contribution in [3.63, 3.8) is 0 Å². The molecule has 33 heavy (non-hydrogen) atoms. The Morgan fingerprint density at radius 2 is 1.94 bits per heavy atom. The zero-order valence-corrected chi connectivity index (χ0v) is 19.3. The molecule has 1 amide bonds. The van der Waals surface area contributed by atoms with Gasteiger partial charge in [-0.25, -0.2) is 0 Å². The summed E-state index contributed by atoms with van der Waals surface area (Å²) in [5.74, 6) is -1.46. The lowest BCUT2D eigenvalue weighted by Gasteiger charge is -2.26. The molecule has 4 rings (SSSR count). The van der Waals surface area contributed by atoms with Crippen LogP contribution in [-0.2, 0) is 16.1 Å². The number of aliphatic hydroxyl groups excluding tert-OH is 1. The van der Waals surface area contributed by atoms with Crippen LogP contribution in [0.1, 0.15) is 33.9 Å². The van der Waals surface area contributed by atoms with Crippen LogP contribution >= 0.6 is 11.6 Å². The fourth-order valence-electron chi connectivity index (χ4n) is 4.09. The maximum Gasteiger partial charge on any atom is 0.295 e. The highest BCUT2D eigenvalue weighted by atomic mass is 35.5. The first kappa shape index (κ1) is 22.6. The van der Waals surface area contributed by atoms with Gasteiger partial charge in [0.25, 0.3) is 11.7 Å². The highest BCUT2D eigenvalue weighted by Crippen LogP contribution is 2.42. The highest BCUT2D eigenvalue weighted by Gasteiger charge is 2.46. The van der Waals surface area contributed by atoms with Crippen LogP contribution in [0.5, 0.6) is 5.75 Å². The molecule has 2 heterocycles. The molecule has 0 aliphatic carbocycles. The van der Waals surface area contributed by atoms with Gasteiger partial charge in [0, 0.05) is 24.0 Å². The van der Waals surface area contributed by atoms with Crippen LogP contribution in [0.4, 0.5) is 0 Å². The molecule has 0 radical (unpaired) electrons. The van der Waals surface area contributed by atoms with Gasteiger partial charge in [0.2, 0.25) is 0 Å². The van der Waals surface area contributed by atoms with Gasteiger partial charge in [0.15, 0.2) is 0 Å². The molecule has 1 fully saturated rings. The van der Waals surface area contributed by atoms with E-state index in [9.17, 15) is 14.7 Å². The Balaban J connectivity index is 1.91. The van der Waals surface area contributed by atoms with Crippen LogP contribution in [0.15, 0.2) is 66.5 Å². The molecule has 1 saturated heterocycles. The number of ether oxygens (including phenoxy) is 1. The van der Waals surface area contributed by atoms with E-state index in [1.165, 1.54) is 18.1 Å². The molecule has 1 aromatic heterocycles. The van der Waals surface area contributed by atoms with Gasteiger partial charge < -0.3 is 14.7 Å². The molecule has 6 nitrogen and oxygen atoms in total. The van der Waals surface area contributed by atoms with E-state index in [1.54, 1.807) is 36.7 Å². The molecule has 3 aromatic rings. The molecule has 168 valence electrons. The maximum atomic E-state index is 13.2. The minimum Gasteiger partial charge on any atom is -0.507 e. The Labute approximate surface area is 197 Å². The number of likely N-dealkylation sites (tertiary alicyclic amines) is 1. The quantitative estimate of drug-likeness (QED) is 0.328. The third-order valence-corrected chi connectivity index (χ3v) is 6.04. The number of nitrogens with zero attached hydrogens (tertiary/aromatic N) is 2. The van der Waals surface area contributed by atoms with Crippen LogP contribution in [0.25, 0.3) is 5.76 Å². The fraction of sp³-hybridized carbons (Fsp3) is 0.192. The molecule has 7 heteroatoms. The van der Waals surface area contributed by atoms with Gasteiger partial charge in [0.1, 0.15) is 11.5 Å². The molecule has 0 bridgehead atoms. The second-order valence-electron chi connectivity index (χ2n) is 7.99. The van der Waals surface area contributed by atoms with Crippen LogP contribution in [-0.4, -0.2) is 33.8 Å². The number of hydrogen-bond acceptors (Lipinski definition) is 5. The van der Waals surface area contributed by atoms with Crippen LogP contribution < -0.4 is 4.74 Å². The van der Waals surface area contributed by atoms with Crippen molar-refractivity contribution in [3.05, 3.63) is 99.3 Å². The number of carbonyl (C=O) groups excluding carboxylic acids is 2. The van der Waals surface area contributed by atoms with Gasteiger partial charge in [-0.15, -0.1) is 0 Å². The minimum atomic E-state index is -0.817. The lowest BCUT2D eigenvalue weighted by molar-refractivity contribution is -0.140.